The maximum atomic E-state index is 15.2. The number of nitrogens with one attached hydrogen (secondary N) is 1. The molecule has 2 fully saturated rings. The molecular weight excluding hydrogens is 583 g/mol. The molecule has 2 amide bonds. The van der Waals surface area contributed by atoms with Crippen molar-refractivity contribution < 1.29 is 32.2 Å². The number of alkyl halides is 2. The number of hydrogen-bond acceptors (Lipinski definition) is 5. The molecule has 2 aromatic rings. The molecule has 0 unspecified atom stereocenters. The predicted octanol–water partition coefficient (Wildman–Crippen LogP) is 5.73. The maximum absolute atomic E-state index is 15.2. The Bertz CT molecular complexity index is 1230. The summed E-state index contributed by atoms with van der Waals surface area (Å²) in [6.45, 7) is 6.45. The van der Waals surface area contributed by atoms with Crippen molar-refractivity contribution >= 4 is 24.2 Å². The highest BCUT2D eigenvalue weighted by Crippen LogP contribution is 2.35. The SMILES string of the molecule is COCCCOc1cc(CC(=O)N(C(C)C)[C@@H]2CCCNC2)ccc1-c1cc(C(=O)N2CCC(F)(F)CC2)ccc1F.Cl. The molecule has 2 aliphatic heterocycles. The molecule has 11 heteroatoms. The van der Waals surface area contributed by atoms with Gasteiger partial charge in [0.2, 0.25) is 5.91 Å². The van der Waals surface area contributed by atoms with Gasteiger partial charge in [0.1, 0.15) is 11.6 Å². The first-order valence-electron chi connectivity index (χ1n) is 14.8. The molecule has 238 valence electrons. The molecule has 1 N–H and O–H groups in total. The number of methoxy groups -OCH3 is 1. The highest BCUT2D eigenvalue weighted by Gasteiger charge is 2.36. The summed E-state index contributed by atoms with van der Waals surface area (Å²) in [4.78, 5) is 29.9. The van der Waals surface area contributed by atoms with Gasteiger partial charge >= 0.3 is 0 Å². The molecule has 0 spiro atoms. The van der Waals surface area contributed by atoms with Gasteiger partial charge in [-0.25, -0.2) is 13.2 Å². The standard InChI is InChI=1S/C32H42F3N3O4.ClH/c1-22(2)38(25-6-4-13-36-21-25)30(39)19-23-7-9-26(29(18-23)42-17-5-16-41-3)27-20-24(8-10-28(27)33)31(40)37-14-11-32(34,35)12-15-37;/h7-10,18,20,22,25,36H,4-6,11-17,19,21H2,1-3H3;1H/t25-;/m1./s1. The Morgan fingerprint density at radius 1 is 1.09 bits per heavy atom. The quantitative estimate of drug-likeness (QED) is 0.323. The fraction of sp³-hybridized carbons (Fsp3) is 0.562. The Hall–Kier alpha value is -2.82. The van der Waals surface area contributed by atoms with E-state index in [1.807, 2.05) is 18.7 Å². The van der Waals surface area contributed by atoms with Crippen LogP contribution in [0.1, 0.15) is 61.9 Å². The molecule has 7 nitrogen and oxygen atoms in total. The van der Waals surface area contributed by atoms with Gasteiger partial charge in [0.25, 0.3) is 11.8 Å². The number of nitrogens with zero attached hydrogens (tertiary/aromatic N) is 2. The molecule has 0 saturated carbocycles. The second-order valence-electron chi connectivity index (χ2n) is 11.4. The molecule has 2 aromatic carbocycles. The van der Waals surface area contributed by atoms with Crippen molar-refractivity contribution in [2.24, 2.45) is 0 Å². The first-order valence-corrected chi connectivity index (χ1v) is 14.8. The van der Waals surface area contributed by atoms with Gasteiger partial charge in [-0.3, -0.25) is 9.59 Å². The number of carbonyl (C=O) groups excluding carboxylic acids is 2. The zero-order valence-corrected chi connectivity index (χ0v) is 26.0. The summed E-state index contributed by atoms with van der Waals surface area (Å²) < 4.78 is 53.7. The lowest BCUT2D eigenvalue weighted by atomic mass is 9.97. The van der Waals surface area contributed by atoms with Crippen LogP contribution in [0, 0.1) is 5.82 Å². The molecule has 2 saturated heterocycles. The first kappa shape index (κ1) is 34.7. The van der Waals surface area contributed by atoms with E-state index >= 15 is 4.39 Å². The van der Waals surface area contributed by atoms with E-state index in [1.165, 1.54) is 23.1 Å². The van der Waals surface area contributed by atoms with Gasteiger partial charge in [0.05, 0.1) is 13.0 Å². The fourth-order valence-electron chi connectivity index (χ4n) is 5.74. The predicted molar refractivity (Wildman–Crippen MR) is 163 cm³/mol. The van der Waals surface area contributed by atoms with Gasteiger partial charge in [-0.15, -0.1) is 12.4 Å². The number of likely N-dealkylation sites (tertiary alicyclic amines) is 1. The highest BCUT2D eigenvalue weighted by atomic mass is 35.5. The molecule has 4 rings (SSSR count). The summed E-state index contributed by atoms with van der Waals surface area (Å²) >= 11 is 0. The molecule has 0 bridgehead atoms. The summed E-state index contributed by atoms with van der Waals surface area (Å²) in [5.74, 6) is -3.32. The minimum atomic E-state index is -2.78. The lowest BCUT2D eigenvalue weighted by molar-refractivity contribution is -0.135. The lowest BCUT2D eigenvalue weighted by Gasteiger charge is -2.37. The summed E-state index contributed by atoms with van der Waals surface area (Å²) in [6.07, 6.45) is 1.97. The molecule has 43 heavy (non-hydrogen) atoms. The summed E-state index contributed by atoms with van der Waals surface area (Å²) in [7, 11) is 1.60. The molecule has 0 radical (unpaired) electrons. The number of hydrogen-bond donors (Lipinski definition) is 1. The van der Waals surface area contributed by atoms with E-state index in [0.717, 1.165) is 31.5 Å². The van der Waals surface area contributed by atoms with Crippen molar-refractivity contribution in [3.05, 3.63) is 53.3 Å². The van der Waals surface area contributed by atoms with Gasteiger partial charge in [0.15, 0.2) is 0 Å². The summed E-state index contributed by atoms with van der Waals surface area (Å²) in [5.41, 5.74) is 1.56. The van der Waals surface area contributed by atoms with E-state index in [9.17, 15) is 18.4 Å². The van der Waals surface area contributed by atoms with E-state index < -0.39 is 30.5 Å². The number of benzene rings is 2. The number of piperidine rings is 2. The Morgan fingerprint density at radius 2 is 1.84 bits per heavy atom. The second kappa shape index (κ2) is 15.8. The summed E-state index contributed by atoms with van der Waals surface area (Å²) in [6, 6.07) is 9.48. The fourth-order valence-corrected chi connectivity index (χ4v) is 5.74. The third-order valence-corrected chi connectivity index (χ3v) is 7.95. The van der Waals surface area contributed by atoms with Gasteiger partial charge in [-0.2, -0.15) is 0 Å². The second-order valence-corrected chi connectivity index (χ2v) is 11.4. The van der Waals surface area contributed by atoms with Gasteiger partial charge in [-0.05, 0) is 63.1 Å². The highest BCUT2D eigenvalue weighted by molar-refractivity contribution is 5.96. The van der Waals surface area contributed by atoms with E-state index in [2.05, 4.69) is 5.32 Å². The molecule has 2 aliphatic rings. The van der Waals surface area contributed by atoms with Crippen LogP contribution in [0.5, 0.6) is 5.75 Å². The van der Waals surface area contributed by atoms with E-state index in [-0.39, 0.29) is 61.0 Å². The Kier molecular flexibility index (Phi) is 12.7. The van der Waals surface area contributed by atoms with Crippen LogP contribution in [0.3, 0.4) is 0 Å². The number of halogens is 4. The third-order valence-electron chi connectivity index (χ3n) is 7.95. The monoisotopic (exact) mass is 625 g/mol. The van der Waals surface area contributed by atoms with E-state index in [0.29, 0.717) is 30.9 Å². The minimum absolute atomic E-state index is 0. The number of amides is 2. The Labute approximate surface area is 258 Å². The van der Waals surface area contributed by atoms with E-state index in [4.69, 9.17) is 9.47 Å². The van der Waals surface area contributed by atoms with Crippen molar-refractivity contribution in [3.63, 3.8) is 0 Å². The molecule has 2 heterocycles. The number of rotatable bonds is 11. The maximum Gasteiger partial charge on any atom is 0.253 e. The van der Waals surface area contributed by atoms with Crippen molar-refractivity contribution in [3.8, 4) is 16.9 Å². The first-order chi connectivity index (χ1) is 20.1. The van der Waals surface area contributed by atoms with Crippen LogP contribution in [0.2, 0.25) is 0 Å². The summed E-state index contributed by atoms with van der Waals surface area (Å²) in [5, 5.41) is 3.38. The van der Waals surface area contributed by atoms with Crippen LogP contribution < -0.4 is 10.1 Å². The van der Waals surface area contributed by atoms with Gasteiger partial charge in [-0.1, -0.05) is 12.1 Å². The van der Waals surface area contributed by atoms with Crippen LogP contribution in [-0.4, -0.2) is 86.1 Å². The van der Waals surface area contributed by atoms with Gasteiger partial charge in [0, 0.05) is 81.4 Å². The van der Waals surface area contributed by atoms with Crippen molar-refractivity contribution in [1.29, 1.82) is 0 Å². The smallest absolute Gasteiger partial charge is 0.253 e. The molecular formula is C32H43ClF3N3O4. The number of carbonyl (C=O) groups is 2. The normalized spacial score (nSPS) is 18.2. The Morgan fingerprint density at radius 3 is 2.49 bits per heavy atom. The average molecular weight is 626 g/mol. The van der Waals surface area contributed by atoms with Crippen LogP contribution in [-0.2, 0) is 16.0 Å². The van der Waals surface area contributed by atoms with E-state index in [1.54, 1.807) is 25.3 Å². The molecule has 0 aliphatic carbocycles. The topological polar surface area (TPSA) is 71.1 Å². The van der Waals surface area contributed by atoms with Crippen molar-refractivity contribution in [2.75, 3.05) is 46.5 Å². The van der Waals surface area contributed by atoms with Crippen molar-refractivity contribution in [2.45, 2.75) is 70.4 Å². The average Bonchev–Trinajstić information content (AvgIpc) is 2.96. The van der Waals surface area contributed by atoms with Crippen LogP contribution in [0.15, 0.2) is 36.4 Å². The van der Waals surface area contributed by atoms with Crippen LogP contribution in [0.4, 0.5) is 13.2 Å². The molecule has 0 aromatic heterocycles. The zero-order valence-electron chi connectivity index (χ0n) is 25.2. The van der Waals surface area contributed by atoms with Crippen LogP contribution >= 0.6 is 12.4 Å². The van der Waals surface area contributed by atoms with Gasteiger partial charge < -0.3 is 24.6 Å². The molecule has 1 atom stereocenters. The largest absolute Gasteiger partial charge is 0.493 e. The minimum Gasteiger partial charge on any atom is -0.493 e. The van der Waals surface area contributed by atoms with Crippen molar-refractivity contribution in [1.82, 2.24) is 15.1 Å². The zero-order chi connectivity index (χ0) is 30.3. The Balaban J connectivity index is 0.00000506. The van der Waals surface area contributed by atoms with Crippen LogP contribution in [0.25, 0.3) is 11.1 Å². The lowest BCUT2D eigenvalue weighted by Crippen LogP contribution is -2.52. The number of ether oxygens (including phenoxy) is 2. The third kappa shape index (κ3) is 9.09.